The number of rotatable bonds is 1. The van der Waals surface area contributed by atoms with E-state index in [9.17, 15) is 9.18 Å². The molecule has 16 heavy (non-hydrogen) atoms. The Balaban J connectivity index is 2.67. The fourth-order valence-corrected chi connectivity index (χ4v) is 1.66. The molecule has 0 aliphatic rings. The van der Waals surface area contributed by atoms with E-state index in [0.29, 0.717) is 16.7 Å². The van der Waals surface area contributed by atoms with Crippen LogP contribution in [0.3, 0.4) is 0 Å². The molecule has 0 unspecified atom stereocenters. The molecule has 0 spiro atoms. The highest BCUT2D eigenvalue weighted by atomic mass is 35.5. The minimum absolute atomic E-state index is 0.193. The zero-order valence-electron chi connectivity index (χ0n) is 8.42. The fraction of sp³-hybridized carbons (Fsp3) is 0.0909. The Morgan fingerprint density at radius 1 is 1.31 bits per heavy atom. The van der Waals surface area contributed by atoms with Crippen molar-refractivity contribution in [2.45, 2.75) is 6.92 Å². The van der Waals surface area contributed by atoms with Crippen LogP contribution < -0.4 is 5.56 Å². The first-order chi connectivity index (χ1) is 7.58. The molecular formula is C11H8ClFN2O. The van der Waals surface area contributed by atoms with Crippen LogP contribution in [-0.4, -0.2) is 10.2 Å². The molecule has 3 nitrogen and oxygen atoms in total. The topological polar surface area (TPSA) is 45.8 Å². The zero-order chi connectivity index (χ0) is 11.7. The molecule has 5 heteroatoms. The Kier molecular flexibility index (Phi) is 2.75. The molecule has 0 fully saturated rings. The SMILES string of the molecule is Cc1cc(F)ccc1-c1cc(Cl)n[nH]c1=O. The van der Waals surface area contributed by atoms with Crippen LogP contribution in [0.25, 0.3) is 11.1 Å². The highest BCUT2D eigenvalue weighted by molar-refractivity contribution is 6.29. The Morgan fingerprint density at radius 3 is 2.75 bits per heavy atom. The average molecular weight is 239 g/mol. The molecule has 0 saturated carbocycles. The lowest BCUT2D eigenvalue weighted by Gasteiger charge is -2.04. The maximum Gasteiger partial charge on any atom is 0.272 e. The molecule has 0 bridgehead atoms. The monoisotopic (exact) mass is 238 g/mol. The molecule has 0 atom stereocenters. The second-order valence-corrected chi connectivity index (χ2v) is 3.78. The number of hydrogen-bond donors (Lipinski definition) is 1. The lowest BCUT2D eigenvalue weighted by molar-refractivity contribution is 0.627. The van der Waals surface area contributed by atoms with Gasteiger partial charge in [-0.25, -0.2) is 9.49 Å². The molecule has 0 saturated heterocycles. The van der Waals surface area contributed by atoms with E-state index in [-0.39, 0.29) is 16.5 Å². The van der Waals surface area contributed by atoms with E-state index in [2.05, 4.69) is 10.2 Å². The zero-order valence-corrected chi connectivity index (χ0v) is 9.18. The number of aromatic nitrogens is 2. The molecule has 1 aromatic carbocycles. The molecular weight excluding hydrogens is 231 g/mol. The van der Waals surface area contributed by atoms with Crippen molar-refractivity contribution >= 4 is 11.6 Å². The first-order valence-electron chi connectivity index (χ1n) is 4.59. The minimum Gasteiger partial charge on any atom is -0.267 e. The second-order valence-electron chi connectivity index (χ2n) is 3.39. The molecule has 82 valence electrons. The van der Waals surface area contributed by atoms with Crippen LogP contribution in [0.1, 0.15) is 5.56 Å². The molecule has 0 amide bonds. The van der Waals surface area contributed by atoms with E-state index in [1.54, 1.807) is 13.0 Å². The standard InChI is InChI=1S/C11H8ClFN2O/c1-6-4-7(13)2-3-8(6)9-5-10(12)14-15-11(9)16/h2-5H,1H3,(H,15,16). The van der Waals surface area contributed by atoms with Crippen LogP contribution in [0.5, 0.6) is 0 Å². The lowest BCUT2D eigenvalue weighted by Crippen LogP contribution is -2.11. The molecule has 0 aliphatic carbocycles. The Morgan fingerprint density at radius 2 is 2.06 bits per heavy atom. The van der Waals surface area contributed by atoms with Crippen molar-refractivity contribution in [3.8, 4) is 11.1 Å². The van der Waals surface area contributed by atoms with Gasteiger partial charge in [-0.2, -0.15) is 5.10 Å². The summed E-state index contributed by atoms with van der Waals surface area (Å²) in [5.74, 6) is -0.335. The number of hydrogen-bond acceptors (Lipinski definition) is 2. The Labute approximate surface area is 95.9 Å². The van der Waals surface area contributed by atoms with E-state index in [1.807, 2.05) is 0 Å². The second kappa shape index (κ2) is 4.06. The van der Waals surface area contributed by atoms with Crippen molar-refractivity contribution in [2.75, 3.05) is 0 Å². The van der Waals surface area contributed by atoms with Gasteiger partial charge in [0.25, 0.3) is 5.56 Å². The predicted octanol–water partition coefficient (Wildman–Crippen LogP) is 2.54. The summed E-state index contributed by atoms with van der Waals surface area (Å²) in [7, 11) is 0. The number of aromatic amines is 1. The van der Waals surface area contributed by atoms with Crippen LogP contribution in [0.4, 0.5) is 4.39 Å². The summed E-state index contributed by atoms with van der Waals surface area (Å²) in [6.07, 6.45) is 0. The predicted molar refractivity (Wildman–Crippen MR) is 60.0 cm³/mol. The Bertz CT molecular complexity index is 595. The number of nitrogens with zero attached hydrogens (tertiary/aromatic N) is 1. The third-order valence-electron chi connectivity index (χ3n) is 2.25. The average Bonchev–Trinajstić information content (AvgIpc) is 2.22. The van der Waals surface area contributed by atoms with Crippen LogP contribution in [0.2, 0.25) is 5.15 Å². The van der Waals surface area contributed by atoms with E-state index in [1.165, 1.54) is 18.2 Å². The van der Waals surface area contributed by atoms with Crippen molar-refractivity contribution in [2.24, 2.45) is 0 Å². The van der Waals surface area contributed by atoms with E-state index < -0.39 is 0 Å². The summed E-state index contributed by atoms with van der Waals surface area (Å²) in [4.78, 5) is 11.5. The van der Waals surface area contributed by atoms with Crippen LogP contribution in [0, 0.1) is 12.7 Å². The third-order valence-corrected chi connectivity index (χ3v) is 2.44. The van der Waals surface area contributed by atoms with Crippen molar-refractivity contribution in [3.05, 3.63) is 51.2 Å². The molecule has 1 aromatic heterocycles. The molecule has 1 heterocycles. The number of aryl methyl sites for hydroxylation is 1. The van der Waals surface area contributed by atoms with Gasteiger partial charge in [0, 0.05) is 0 Å². The fourth-order valence-electron chi connectivity index (χ4n) is 1.51. The quantitative estimate of drug-likeness (QED) is 0.830. The van der Waals surface area contributed by atoms with Gasteiger partial charge in [-0.05, 0) is 36.2 Å². The highest BCUT2D eigenvalue weighted by Gasteiger charge is 2.08. The molecule has 1 N–H and O–H groups in total. The van der Waals surface area contributed by atoms with Crippen LogP contribution in [-0.2, 0) is 0 Å². The molecule has 0 radical (unpaired) electrons. The van der Waals surface area contributed by atoms with E-state index in [0.717, 1.165) is 0 Å². The first kappa shape index (κ1) is 10.8. The van der Waals surface area contributed by atoms with Gasteiger partial charge in [0.1, 0.15) is 11.0 Å². The van der Waals surface area contributed by atoms with Crippen molar-refractivity contribution < 1.29 is 4.39 Å². The van der Waals surface area contributed by atoms with Gasteiger partial charge in [-0.1, -0.05) is 17.7 Å². The smallest absolute Gasteiger partial charge is 0.267 e. The first-order valence-corrected chi connectivity index (χ1v) is 4.97. The van der Waals surface area contributed by atoms with E-state index >= 15 is 0 Å². The normalized spacial score (nSPS) is 10.4. The van der Waals surface area contributed by atoms with Crippen molar-refractivity contribution in [3.63, 3.8) is 0 Å². The summed E-state index contributed by atoms with van der Waals surface area (Å²) in [5.41, 5.74) is 1.36. The van der Waals surface area contributed by atoms with Crippen molar-refractivity contribution in [1.82, 2.24) is 10.2 Å². The summed E-state index contributed by atoms with van der Waals surface area (Å²) in [6, 6.07) is 5.67. The summed E-state index contributed by atoms with van der Waals surface area (Å²) in [5, 5.41) is 6.04. The number of H-pyrrole nitrogens is 1. The summed E-state index contributed by atoms with van der Waals surface area (Å²) >= 11 is 5.70. The van der Waals surface area contributed by atoms with Crippen LogP contribution in [0.15, 0.2) is 29.1 Å². The maximum absolute atomic E-state index is 12.9. The Hall–Kier alpha value is -1.68. The molecule has 2 aromatic rings. The minimum atomic E-state index is -0.348. The van der Waals surface area contributed by atoms with Gasteiger partial charge in [-0.3, -0.25) is 4.79 Å². The lowest BCUT2D eigenvalue weighted by atomic mass is 10.0. The van der Waals surface area contributed by atoms with Gasteiger partial charge < -0.3 is 0 Å². The van der Waals surface area contributed by atoms with E-state index in [4.69, 9.17) is 11.6 Å². The summed E-state index contributed by atoms with van der Waals surface area (Å²) in [6.45, 7) is 1.73. The van der Waals surface area contributed by atoms with Gasteiger partial charge in [0.2, 0.25) is 0 Å². The summed E-state index contributed by atoms with van der Waals surface area (Å²) < 4.78 is 12.9. The highest BCUT2D eigenvalue weighted by Crippen LogP contribution is 2.21. The van der Waals surface area contributed by atoms with Crippen LogP contribution >= 0.6 is 11.6 Å². The van der Waals surface area contributed by atoms with Gasteiger partial charge in [-0.15, -0.1) is 0 Å². The third kappa shape index (κ3) is 1.97. The maximum atomic E-state index is 12.9. The van der Waals surface area contributed by atoms with Crippen molar-refractivity contribution in [1.29, 1.82) is 0 Å². The number of benzene rings is 1. The number of nitrogens with one attached hydrogen (secondary N) is 1. The van der Waals surface area contributed by atoms with Gasteiger partial charge in [0.15, 0.2) is 0 Å². The number of halogens is 2. The molecule has 0 aliphatic heterocycles. The van der Waals surface area contributed by atoms with Gasteiger partial charge >= 0.3 is 0 Å². The van der Waals surface area contributed by atoms with Gasteiger partial charge in [0.05, 0.1) is 5.56 Å². The largest absolute Gasteiger partial charge is 0.272 e. The molecule has 2 rings (SSSR count).